The van der Waals surface area contributed by atoms with Gasteiger partial charge in [-0.1, -0.05) is 0 Å². The Morgan fingerprint density at radius 3 is 2.70 bits per heavy atom. The molecule has 0 bridgehead atoms. The summed E-state index contributed by atoms with van der Waals surface area (Å²) in [5.41, 5.74) is 2.35. The van der Waals surface area contributed by atoms with Gasteiger partial charge in [-0.15, -0.1) is 0 Å². The summed E-state index contributed by atoms with van der Waals surface area (Å²) in [5.74, 6) is 1.68. The molecule has 2 N–H and O–H groups in total. The van der Waals surface area contributed by atoms with E-state index in [0.29, 0.717) is 16.7 Å². The number of benzene rings is 1. The van der Waals surface area contributed by atoms with Gasteiger partial charge in [-0.25, -0.2) is 0 Å². The Hall–Kier alpha value is -2.33. The monoisotopic (exact) mass is 428 g/mol. The van der Waals surface area contributed by atoms with Crippen LogP contribution in [0.25, 0.3) is 0 Å². The van der Waals surface area contributed by atoms with Crippen LogP contribution in [0.15, 0.2) is 36.5 Å². The van der Waals surface area contributed by atoms with Crippen LogP contribution >= 0.6 is 0 Å². The first-order chi connectivity index (χ1) is 13.1. The molecule has 0 spiro atoms. The first-order valence-corrected chi connectivity index (χ1v) is 11.2. The van der Waals surface area contributed by atoms with Gasteiger partial charge >= 0.3 is 164 Å². The normalized spacial score (nSPS) is 18.9. The SMILES string of the molecule is O=C(O)NC1CCc2ccc(Oc3ccnc([AsH]C(=O)C4CC4)c3)cc2C1. The van der Waals surface area contributed by atoms with Crippen LogP contribution < -0.4 is 14.5 Å². The molecule has 1 fully saturated rings. The zero-order chi connectivity index (χ0) is 18.8. The number of pyridine rings is 1. The third-order valence-corrected chi connectivity index (χ3v) is 7.38. The Morgan fingerprint density at radius 2 is 1.93 bits per heavy atom. The van der Waals surface area contributed by atoms with E-state index in [9.17, 15) is 9.59 Å². The van der Waals surface area contributed by atoms with Crippen molar-refractivity contribution in [2.24, 2.45) is 5.92 Å². The molecule has 2 aliphatic carbocycles. The predicted molar refractivity (Wildman–Crippen MR) is 102 cm³/mol. The van der Waals surface area contributed by atoms with Gasteiger partial charge in [-0.05, 0) is 0 Å². The van der Waals surface area contributed by atoms with Crippen LogP contribution in [0.2, 0.25) is 0 Å². The van der Waals surface area contributed by atoms with Crippen LogP contribution in [-0.2, 0) is 17.6 Å². The first-order valence-electron chi connectivity index (χ1n) is 9.13. The van der Waals surface area contributed by atoms with E-state index in [1.807, 2.05) is 24.3 Å². The molecular weight excluding hydrogens is 407 g/mol. The van der Waals surface area contributed by atoms with Crippen LogP contribution in [-0.4, -0.2) is 42.5 Å². The van der Waals surface area contributed by atoms with Crippen LogP contribution in [0.5, 0.6) is 11.5 Å². The summed E-state index contributed by atoms with van der Waals surface area (Å²) >= 11 is -0.871. The topological polar surface area (TPSA) is 88.5 Å². The molecule has 27 heavy (non-hydrogen) atoms. The fourth-order valence-corrected chi connectivity index (χ4v) is 5.65. The quantitative estimate of drug-likeness (QED) is 0.688. The minimum atomic E-state index is -0.982. The molecule has 1 saturated carbocycles. The van der Waals surface area contributed by atoms with Crippen LogP contribution in [0, 0.1) is 5.92 Å². The number of rotatable bonds is 6. The summed E-state index contributed by atoms with van der Waals surface area (Å²) < 4.78 is 7.23. The standard InChI is InChI=1S/C20H21AsN2O4/c24-19(13-1-2-13)21-18-11-17(7-8-22-18)27-16-6-4-12-3-5-15(23-20(25)26)9-14(12)10-16/h4,6-8,10-11,13,15,21,23H,1-3,5,9H2,(H,25,26). The number of hydrogen-bond donors (Lipinski definition) is 2. The number of carbonyl (C=O) groups excluding carboxylic acids is 1. The molecule has 1 aromatic carbocycles. The van der Waals surface area contributed by atoms with E-state index in [1.165, 1.54) is 5.56 Å². The molecule has 0 saturated heterocycles. The maximum absolute atomic E-state index is 12.0. The number of amides is 1. The number of hydrogen-bond acceptors (Lipinski definition) is 4. The van der Waals surface area contributed by atoms with Crippen molar-refractivity contribution in [3.05, 3.63) is 47.7 Å². The van der Waals surface area contributed by atoms with Crippen LogP contribution in [0.4, 0.5) is 4.79 Å². The molecule has 4 rings (SSSR count). The Morgan fingerprint density at radius 1 is 1.11 bits per heavy atom. The Labute approximate surface area is 164 Å². The molecule has 7 heteroatoms. The van der Waals surface area contributed by atoms with Crippen molar-refractivity contribution in [2.75, 3.05) is 0 Å². The average Bonchev–Trinajstić information content (AvgIpc) is 3.46. The second-order valence-electron chi connectivity index (χ2n) is 7.06. The maximum atomic E-state index is 12.0. The number of fused-ring (bicyclic) bond motifs is 1. The van der Waals surface area contributed by atoms with Crippen molar-refractivity contribution < 1.29 is 19.4 Å². The van der Waals surface area contributed by atoms with Gasteiger partial charge in [0, 0.05) is 0 Å². The third kappa shape index (κ3) is 4.69. The van der Waals surface area contributed by atoms with E-state index in [2.05, 4.69) is 10.3 Å². The molecule has 0 radical (unpaired) electrons. The Balaban J connectivity index is 1.45. The second kappa shape index (κ2) is 7.73. The summed E-state index contributed by atoms with van der Waals surface area (Å²) in [6, 6.07) is 9.58. The summed E-state index contributed by atoms with van der Waals surface area (Å²) in [4.78, 5) is 27.2. The van der Waals surface area contributed by atoms with E-state index < -0.39 is 21.8 Å². The van der Waals surface area contributed by atoms with Crippen molar-refractivity contribution in [3.63, 3.8) is 0 Å². The van der Waals surface area contributed by atoms with Gasteiger partial charge in [0.25, 0.3) is 0 Å². The fraction of sp³-hybridized carbons (Fsp3) is 0.350. The van der Waals surface area contributed by atoms with Crippen molar-refractivity contribution in [1.82, 2.24) is 10.3 Å². The average molecular weight is 428 g/mol. The van der Waals surface area contributed by atoms with E-state index in [0.717, 1.165) is 41.5 Å². The molecule has 2 unspecified atom stereocenters. The first kappa shape index (κ1) is 18.1. The van der Waals surface area contributed by atoms with E-state index in [4.69, 9.17) is 9.84 Å². The van der Waals surface area contributed by atoms with E-state index in [1.54, 1.807) is 12.3 Å². The number of carboxylic acid groups (broad SMARTS) is 1. The zero-order valence-corrected chi connectivity index (χ0v) is 16.9. The van der Waals surface area contributed by atoms with Crippen molar-refractivity contribution in [1.29, 1.82) is 0 Å². The van der Waals surface area contributed by atoms with Crippen LogP contribution in [0.3, 0.4) is 0 Å². The zero-order valence-electron chi connectivity index (χ0n) is 14.8. The molecule has 2 atom stereocenters. The predicted octanol–water partition coefficient (Wildman–Crippen LogP) is 2.00. The number of aryl methyl sites for hydroxylation is 1. The van der Waals surface area contributed by atoms with Gasteiger partial charge in [-0.3, -0.25) is 0 Å². The Bertz CT molecular complexity index is 882. The van der Waals surface area contributed by atoms with Crippen molar-refractivity contribution in [3.8, 4) is 11.5 Å². The number of nitrogens with zero attached hydrogens (tertiary/aromatic N) is 1. The van der Waals surface area contributed by atoms with Crippen molar-refractivity contribution >= 4 is 30.9 Å². The molecule has 2 aliphatic rings. The number of carbonyl (C=O) groups is 2. The van der Waals surface area contributed by atoms with Gasteiger partial charge in [0.2, 0.25) is 0 Å². The number of aromatic nitrogens is 1. The van der Waals surface area contributed by atoms with Crippen LogP contribution in [0.1, 0.15) is 30.4 Å². The van der Waals surface area contributed by atoms with Gasteiger partial charge in [0.15, 0.2) is 0 Å². The molecule has 0 aliphatic heterocycles. The van der Waals surface area contributed by atoms with E-state index >= 15 is 0 Å². The second-order valence-corrected chi connectivity index (χ2v) is 9.70. The molecule has 1 amide bonds. The molecule has 6 nitrogen and oxygen atoms in total. The van der Waals surface area contributed by atoms with Gasteiger partial charge < -0.3 is 0 Å². The van der Waals surface area contributed by atoms with Gasteiger partial charge in [-0.2, -0.15) is 0 Å². The molecule has 2 aromatic rings. The Kier molecular flexibility index (Phi) is 5.17. The van der Waals surface area contributed by atoms with E-state index in [-0.39, 0.29) is 12.0 Å². The third-order valence-electron chi connectivity index (χ3n) is 4.90. The summed E-state index contributed by atoms with van der Waals surface area (Å²) in [6.07, 6.45) is 5.11. The number of ether oxygens (including phenoxy) is 1. The fourth-order valence-electron chi connectivity index (χ4n) is 3.35. The number of nitrogens with one attached hydrogen (secondary N) is 1. The van der Waals surface area contributed by atoms with Crippen molar-refractivity contribution in [2.45, 2.75) is 38.1 Å². The summed E-state index contributed by atoms with van der Waals surface area (Å²) in [6.45, 7) is 0. The minimum absolute atomic E-state index is 0.0587. The van der Waals surface area contributed by atoms with Gasteiger partial charge in [0.05, 0.1) is 0 Å². The molecule has 140 valence electrons. The molecule has 1 heterocycles. The summed E-state index contributed by atoms with van der Waals surface area (Å²) in [7, 11) is 0. The molecular formula is C20H21AsN2O4. The molecule has 1 aromatic heterocycles. The van der Waals surface area contributed by atoms with Gasteiger partial charge in [0.1, 0.15) is 0 Å². The summed E-state index contributed by atoms with van der Waals surface area (Å²) in [5, 5.41) is 11.5.